The van der Waals surface area contributed by atoms with Crippen molar-refractivity contribution in [1.29, 1.82) is 0 Å². The Morgan fingerprint density at radius 1 is 0.905 bits per heavy atom. The molecule has 0 amide bonds. The van der Waals surface area contributed by atoms with Crippen LogP contribution in [-0.2, 0) is 6.54 Å². The van der Waals surface area contributed by atoms with E-state index in [9.17, 15) is 0 Å². The van der Waals surface area contributed by atoms with Crippen LogP contribution in [0.25, 0.3) is 0 Å². The van der Waals surface area contributed by atoms with E-state index in [0.717, 1.165) is 36.8 Å². The maximum Gasteiger partial charge on any atom is 0.131 e. The molecule has 0 radical (unpaired) electrons. The molecule has 0 fully saturated rings. The van der Waals surface area contributed by atoms with Crippen LogP contribution < -0.4 is 14.8 Å². The summed E-state index contributed by atoms with van der Waals surface area (Å²) in [5, 5.41) is 3.38. The van der Waals surface area contributed by atoms with Crippen molar-refractivity contribution in [2.24, 2.45) is 0 Å². The molecule has 0 heterocycles. The first kappa shape index (κ1) is 15.4. The Kier molecular flexibility index (Phi) is 6.10. The summed E-state index contributed by atoms with van der Waals surface area (Å²) >= 11 is 0. The van der Waals surface area contributed by atoms with Crippen molar-refractivity contribution in [3.8, 4) is 17.2 Å². The lowest BCUT2D eigenvalue weighted by atomic mass is 10.2. The zero-order valence-electron chi connectivity index (χ0n) is 12.8. The second kappa shape index (κ2) is 8.32. The number of nitrogens with one attached hydrogen (secondary N) is 1. The van der Waals surface area contributed by atoms with Crippen molar-refractivity contribution in [2.75, 3.05) is 13.2 Å². The van der Waals surface area contributed by atoms with Crippen LogP contribution in [0.5, 0.6) is 17.2 Å². The first-order valence-corrected chi connectivity index (χ1v) is 7.52. The molecule has 1 N–H and O–H groups in total. The molecule has 0 bridgehead atoms. The van der Waals surface area contributed by atoms with Gasteiger partial charge in [0.2, 0.25) is 0 Å². The predicted molar refractivity (Wildman–Crippen MR) is 86.1 cm³/mol. The first-order chi connectivity index (χ1) is 10.3. The fraction of sp³-hybridized carbons (Fsp3) is 0.333. The zero-order valence-corrected chi connectivity index (χ0v) is 12.8. The second-order valence-electron chi connectivity index (χ2n) is 4.83. The van der Waals surface area contributed by atoms with Crippen molar-refractivity contribution < 1.29 is 9.47 Å². The van der Waals surface area contributed by atoms with E-state index in [4.69, 9.17) is 9.47 Å². The highest BCUT2D eigenvalue weighted by Gasteiger charge is 2.00. The van der Waals surface area contributed by atoms with E-state index in [1.165, 1.54) is 5.56 Å². The summed E-state index contributed by atoms with van der Waals surface area (Å²) < 4.78 is 11.3. The predicted octanol–water partition coefficient (Wildman–Crippen LogP) is 4.38. The molecule has 0 saturated heterocycles. The molecule has 3 nitrogen and oxygen atoms in total. The molecule has 2 aromatic rings. The third-order valence-electron chi connectivity index (χ3n) is 3.03. The Morgan fingerprint density at radius 3 is 2.38 bits per heavy atom. The van der Waals surface area contributed by atoms with Crippen molar-refractivity contribution in [3.63, 3.8) is 0 Å². The Balaban J connectivity index is 1.95. The zero-order chi connectivity index (χ0) is 14.9. The van der Waals surface area contributed by atoms with E-state index in [-0.39, 0.29) is 0 Å². The summed E-state index contributed by atoms with van der Waals surface area (Å²) in [5.74, 6) is 2.45. The van der Waals surface area contributed by atoms with Gasteiger partial charge in [0.1, 0.15) is 17.2 Å². The lowest BCUT2D eigenvalue weighted by Crippen LogP contribution is -2.13. The Hall–Kier alpha value is -2.00. The number of ether oxygens (including phenoxy) is 2. The maximum absolute atomic E-state index is 5.85. The normalized spacial score (nSPS) is 10.4. The standard InChI is InChI=1S/C18H23NO2/c1-3-12-19-14-15-8-10-16(11-9-15)21-18-7-5-6-17(13-18)20-4-2/h5-11,13,19H,3-4,12,14H2,1-2H3. The molecule has 3 heteroatoms. The molecule has 0 aliphatic rings. The van der Waals surface area contributed by atoms with Crippen LogP contribution in [0, 0.1) is 0 Å². The first-order valence-electron chi connectivity index (χ1n) is 7.52. The third-order valence-corrected chi connectivity index (χ3v) is 3.03. The molecular weight excluding hydrogens is 262 g/mol. The molecule has 0 aromatic heterocycles. The van der Waals surface area contributed by atoms with Crippen LogP contribution in [0.3, 0.4) is 0 Å². The van der Waals surface area contributed by atoms with Gasteiger partial charge < -0.3 is 14.8 Å². The Labute approximate surface area is 126 Å². The minimum atomic E-state index is 0.656. The minimum absolute atomic E-state index is 0.656. The molecule has 21 heavy (non-hydrogen) atoms. The monoisotopic (exact) mass is 285 g/mol. The molecule has 0 saturated carbocycles. The van der Waals surface area contributed by atoms with Gasteiger partial charge in [0.15, 0.2) is 0 Å². The van der Waals surface area contributed by atoms with Crippen LogP contribution in [0.1, 0.15) is 25.8 Å². The topological polar surface area (TPSA) is 30.5 Å². The molecular formula is C18H23NO2. The third kappa shape index (κ3) is 5.12. The largest absolute Gasteiger partial charge is 0.494 e. The average Bonchev–Trinajstić information content (AvgIpc) is 2.50. The maximum atomic E-state index is 5.85. The van der Waals surface area contributed by atoms with Crippen molar-refractivity contribution >= 4 is 0 Å². The fourth-order valence-electron chi connectivity index (χ4n) is 2.02. The van der Waals surface area contributed by atoms with Crippen LogP contribution in [0.15, 0.2) is 48.5 Å². The Bertz CT molecular complexity index is 537. The van der Waals surface area contributed by atoms with Gasteiger partial charge in [0.25, 0.3) is 0 Å². The average molecular weight is 285 g/mol. The number of benzene rings is 2. The van der Waals surface area contributed by atoms with Crippen molar-refractivity contribution in [1.82, 2.24) is 5.32 Å². The van der Waals surface area contributed by atoms with Gasteiger partial charge in [-0.15, -0.1) is 0 Å². The summed E-state index contributed by atoms with van der Waals surface area (Å²) in [4.78, 5) is 0. The highest BCUT2D eigenvalue weighted by molar-refractivity contribution is 5.37. The number of hydrogen-bond acceptors (Lipinski definition) is 3. The number of hydrogen-bond donors (Lipinski definition) is 1. The van der Waals surface area contributed by atoms with Gasteiger partial charge in [-0.05, 0) is 49.7 Å². The lowest BCUT2D eigenvalue weighted by molar-refractivity contribution is 0.338. The SMILES string of the molecule is CCCNCc1ccc(Oc2cccc(OCC)c2)cc1. The van der Waals surface area contributed by atoms with Crippen LogP contribution in [-0.4, -0.2) is 13.2 Å². The van der Waals surface area contributed by atoms with E-state index in [1.54, 1.807) is 0 Å². The van der Waals surface area contributed by atoms with Gasteiger partial charge in [0.05, 0.1) is 6.61 Å². The quantitative estimate of drug-likeness (QED) is 0.730. The van der Waals surface area contributed by atoms with Crippen molar-refractivity contribution in [3.05, 3.63) is 54.1 Å². The molecule has 0 aliphatic carbocycles. The van der Waals surface area contributed by atoms with Crippen LogP contribution >= 0.6 is 0 Å². The summed E-state index contributed by atoms with van der Waals surface area (Å²) in [6.07, 6.45) is 1.15. The molecule has 0 spiro atoms. The van der Waals surface area contributed by atoms with Crippen molar-refractivity contribution in [2.45, 2.75) is 26.8 Å². The summed E-state index contributed by atoms with van der Waals surface area (Å²) in [6.45, 7) is 6.73. The summed E-state index contributed by atoms with van der Waals surface area (Å²) in [6, 6.07) is 15.9. The van der Waals surface area contributed by atoms with Gasteiger partial charge in [-0.1, -0.05) is 25.1 Å². The molecule has 2 rings (SSSR count). The molecule has 0 aliphatic heterocycles. The minimum Gasteiger partial charge on any atom is -0.494 e. The van der Waals surface area contributed by atoms with E-state index in [2.05, 4.69) is 24.4 Å². The van der Waals surface area contributed by atoms with Gasteiger partial charge in [-0.25, -0.2) is 0 Å². The van der Waals surface area contributed by atoms with Crippen LogP contribution in [0.2, 0.25) is 0 Å². The second-order valence-corrected chi connectivity index (χ2v) is 4.83. The molecule has 0 atom stereocenters. The lowest BCUT2D eigenvalue weighted by Gasteiger charge is -2.09. The van der Waals surface area contributed by atoms with Crippen LogP contribution in [0.4, 0.5) is 0 Å². The fourth-order valence-corrected chi connectivity index (χ4v) is 2.02. The van der Waals surface area contributed by atoms with E-state index >= 15 is 0 Å². The van der Waals surface area contributed by atoms with Gasteiger partial charge >= 0.3 is 0 Å². The van der Waals surface area contributed by atoms with Gasteiger partial charge in [-0.3, -0.25) is 0 Å². The van der Waals surface area contributed by atoms with E-state index < -0.39 is 0 Å². The molecule has 112 valence electrons. The smallest absolute Gasteiger partial charge is 0.131 e. The number of rotatable bonds is 8. The highest BCUT2D eigenvalue weighted by atomic mass is 16.5. The molecule has 2 aromatic carbocycles. The Morgan fingerprint density at radius 2 is 1.67 bits per heavy atom. The molecule has 0 unspecified atom stereocenters. The summed E-state index contributed by atoms with van der Waals surface area (Å²) in [5.41, 5.74) is 1.26. The van der Waals surface area contributed by atoms with Gasteiger partial charge in [-0.2, -0.15) is 0 Å². The van der Waals surface area contributed by atoms with E-state index in [0.29, 0.717) is 6.61 Å². The van der Waals surface area contributed by atoms with E-state index in [1.807, 2.05) is 43.3 Å². The van der Waals surface area contributed by atoms with Gasteiger partial charge in [0, 0.05) is 12.6 Å². The highest BCUT2D eigenvalue weighted by Crippen LogP contribution is 2.25. The summed E-state index contributed by atoms with van der Waals surface area (Å²) in [7, 11) is 0.